The molecule has 1 fully saturated rings. The smallest absolute Gasteiger partial charge is 0.234 e. The monoisotopic (exact) mass is 394 g/mol. The fourth-order valence-electron chi connectivity index (χ4n) is 3.32. The van der Waals surface area contributed by atoms with Gasteiger partial charge in [-0.2, -0.15) is 0 Å². The topological polar surface area (TPSA) is 66.7 Å². The number of anilines is 2. The molecule has 1 N–H and O–H groups in total. The Morgan fingerprint density at radius 2 is 2.00 bits per heavy atom. The van der Waals surface area contributed by atoms with Gasteiger partial charge in [0.1, 0.15) is 5.65 Å². The molecule has 4 rings (SSSR count). The van der Waals surface area contributed by atoms with E-state index >= 15 is 0 Å². The Balaban J connectivity index is 1.27. The molecule has 0 atom stereocenters. The molecule has 3 heterocycles. The molecule has 144 valence electrons. The van der Waals surface area contributed by atoms with Crippen molar-refractivity contribution in [3.63, 3.8) is 0 Å². The number of carbonyl (C=O) groups is 2. The van der Waals surface area contributed by atoms with Crippen LogP contribution in [0.15, 0.2) is 48.8 Å². The molecule has 0 radical (unpaired) electrons. The third kappa shape index (κ3) is 4.20. The first-order chi connectivity index (χ1) is 13.6. The minimum absolute atomic E-state index is 0.0467. The first-order valence-corrected chi connectivity index (χ1v) is 10.5. The highest BCUT2D eigenvalue weighted by atomic mass is 32.2. The maximum absolute atomic E-state index is 12.2. The number of thioether (sulfide) groups is 1. The summed E-state index contributed by atoms with van der Waals surface area (Å²) in [5.74, 6) is 1.16. The quantitative estimate of drug-likeness (QED) is 0.693. The Morgan fingerprint density at radius 1 is 1.18 bits per heavy atom. The van der Waals surface area contributed by atoms with Gasteiger partial charge in [-0.1, -0.05) is 6.07 Å². The van der Waals surface area contributed by atoms with Crippen LogP contribution >= 0.6 is 11.8 Å². The Bertz CT molecular complexity index is 1010. The predicted molar refractivity (Wildman–Crippen MR) is 113 cm³/mol. The van der Waals surface area contributed by atoms with Gasteiger partial charge < -0.3 is 14.6 Å². The van der Waals surface area contributed by atoms with Crippen molar-refractivity contribution in [3.05, 3.63) is 60.0 Å². The molecule has 1 aliphatic rings. The fourth-order valence-corrected chi connectivity index (χ4v) is 4.02. The van der Waals surface area contributed by atoms with Crippen LogP contribution in [0.1, 0.15) is 24.1 Å². The molecular formula is C21H22N4O2S. The Kier molecular flexibility index (Phi) is 5.34. The van der Waals surface area contributed by atoms with Crippen molar-refractivity contribution in [2.24, 2.45) is 0 Å². The van der Waals surface area contributed by atoms with Gasteiger partial charge in [-0.15, -0.1) is 11.8 Å². The Morgan fingerprint density at radius 3 is 2.75 bits per heavy atom. The minimum atomic E-state index is -0.0467. The number of benzene rings is 1. The van der Waals surface area contributed by atoms with E-state index < -0.39 is 0 Å². The lowest BCUT2D eigenvalue weighted by atomic mass is 10.2. The summed E-state index contributed by atoms with van der Waals surface area (Å²) < 4.78 is 2.01. The summed E-state index contributed by atoms with van der Waals surface area (Å²) in [6, 6.07) is 11.5. The Labute approximate surface area is 167 Å². The van der Waals surface area contributed by atoms with Gasteiger partial charge in [0.2, 0.25) is 11.8 Å². The number of nitrogens with zero attached hydrogens (tertiary/aromatic N) is 3. The largest absolute Gasteiger partial charge is 0.325 e. The van der Waals surface area contributed by atoms with Crippen LogP contribution in [0.3, 0.4) is 0 Å². The minimum Gasteiger partial charge on any atom is -0.325 e. The zero-order valence-corrected chi connectivity index (χ0v) is 16.5. The van der Waals surface area contributed by atoms with Crippen molar-refractivity contribution < 1.29 is 9.59 Å². The molecule has 0 bridgehead atoms. The molecule has 6 nitrogen and oxygen atoms in total. The standard InChI is InChI=1S/C21H22N4O2S/c1-15-4-9-19-22-17(12-24(19)11-15)13-28-14-20(26)23-16-5-7-18(8-6-16)25-10-2-3-21(25)27/h4-9,11-12H,2-3,10,13-14H2,1H3,(H,23,26). The highest BCUT2D eigenvalue weighted by Gasteiger charge is 2.21. The second-order valence-electron chi connectivity index (χ2n) is 6.94. The van der Waals surface area contributed by atoms with E-state index in [9.17, 15) is 9.59 Å². The van der Waals surface area contributed by atoms with Crippen LogP contribution in [0.5, 0.6) is 0 Å². The molecule has 0 aliphatic carbocycles. The molecular weight excluding hydrogens is 372 g/mol. The number of aryl methyl sites for hydroxylation is 1. The van der Waals surface area contributed by atoms with Crippen LogP contribution in [0.4, 0.5) is 11.4 Å². The van der Waals surface area contributed by atoms with Crippen LogP contribution in [-0.4, -0.2) is 33.5 Å². The molecule has 0 unspecified atom stereocenters. The van der Waals surface area contributed by atoms with Gasteiger partial charge in [0.15, 0.2) is 0 Å². The molecule has 0 spiro atoms. The van der Waals surface area contributed by atoms with Crippen molar-refractivity contribution in [1.82, 2.24) is 9.38 Å². The average molecular weight is 395 g/mol. The SMILES string of the molecule is Cc1ccc2nc(CSCC(=O)Nc3ccc(N4CCCC4=O)cc3)cn2c1. The second-order valence-corrected chi connectivity index (χ2v) is 7.93. The molecule has 1 saturated heterocycles. The summed E-state index contributed by atoms with van der Waals surface area (Å²) in [5, 5.41) is 2.90. The highest BCUT2D eigenvalue weighted by molar-refractivity contribution is 7.99. The number of hydrogen-bond donors (Lipinski definition) is 1. The van der Waals surface area contributed by atoms with Gasteiger partial charge in [0.05, 0.1) is 11.4 Å². The highest BCUT2D eigenvalue weighted by Crippen LogP contribution is 2.23. The number of nitrogens with one attached hydrogen (secondary N) is 1. The van der Waals surface area contributed by atoms with Crippen molar-refractivity contribution in [1.29, 1.82) is 0 Å². The number of pyridine rings is 1. The number of hydrogen-bond acceptors (Lipinski definition) is 4. The maximum atomic E-state index is 12.2. The number of fused-ring (bicyclic) bond motifs is 1. The predicted octanol–water partition coefficient (Wildman–Crippen LogP) is 3.64. The van der Waals surface area contributed by atoms with E-state index in [-0.39, 0.29) is 11.8 Å². The van der Waals surface area contributed by atoms with Gasteiger partial charge in [-0.25, -0.2) is 4.98 Å². The lowest BCUT2D eigenvalue weighted by Gasteiger charge is -2.16. The van der Waals surface area contributed by atoms with E-state index in [0.29, 0.717) is 17.9 Å². The summed E-state index contributed by atoms with van der Waals surface area (Å²) in [7, 11) is 0. The number of imidazole rings is 1. The van der Waals surface area contributed by atoms with Crippen LogP contribution in [0.25, 0.3) is 5.65 Å². The Hall–Kier alpha value is -2.80. The van der Waals surface area contributed by atoms with Gasteiger partial charge in [0.25, 0.3) is 0 Å². The zero-order valence-electron chi connectivity index (χ0n) is 15.7. The lowest BCUT2D eigenvalue weighted by molar-refractivity contribution is -0.117. The summed E-state index contributed by atoms with van der Waals surface area (Å²) in [6.07, 6.45) is 5.57. The van der Waals surface area contributed by atoms with Crippen molar-refractivity contribution >= 4 is 40.6 Å². The summed E-state index contributed by atoms with van der Waals surface area (Å²) in [5.41, 5.74) is 4.69. The van der Waals surface area contributed by atoms with Gasteiger partial charge in [0, 0.05) is 42.5 Å². The number of carbonyl (C=O) groups excluding carboxylic acids is 2. The van der Waals surface area contributed by atoms with Crippen LogP contribution < -0.4 is 10.2 Å². The van der Waals surface area contributed by atoms with Gasteiger partial charge >= 0.3 is 0 Å². The number of amides is 2. The summed E-state index contributed by atoms with van der Waals surface area (Å²) >= 11 is 1.54. The molecule has 2 aromatic heterocycles. The molecule has 1 aliphatic heterocycles. The van der Waals surface area contributed by atoms with E-state index in [1.165, 1.54) is 17.3 Å². The summed E-state index contributed by atoms with van der Waals surface area (Å²) in [6.45, 7) is 2.82. The van der Waals surface area contributed by atoms with E-state index in [2.05, 4.69) is 10.3 Å². The maximum Gasteiger partial charge on any atom is 0.234 e. The molecule has 1 aromatic carbocycles. The normalized spacial score (nSPS) is 14.0. The van der Waals surface area contributed by atoms with E-state index in [1.807, 2.05) is 60.1 Å². The first-order valence-electron chi connectivity index (χ1n) is 9.31. The molecule has 28 heavy (non-hydrogen) atoms. The van der Waals surface area contributed by atoms with Crippen molar-refractivity contribution in [3.8, 4) is 0 Å². The van der Waals surface area contributed by atoms with E-state index in [1.54, 1.807) is 4.90 Å². The van der Waals surface area contributed by atoms with Crippen LogP contribution in [-0.2, 0) is 15.3 Å². The second kappa shape index (κ2) is 8.06. The van der Waals surface area contributed by atoms with Crippen LogP contribution in [0, 0.1) is 6.92 Å². The average Bonchev–Trinajstić information content (AvgIpc) is 3.27. The summed E-state index contributed by atoms with van der Waals surface area (Å²) in [4.78, 5) is 30.3. The molecule has 2 amide bonds. The molecule has 3 aromatic rings. The molecule has 0 saturated carbocycles. The van der Waals surface area contributed by atoms with Crippen molar-refractivity contribution in [2.45, 2.75) is 25.5 Å². The first kappa shape index (κ1) is 18.6. The van der Waals surface area contributed by atoms with Gasteiger partial charge in [-0.3, -0.25) is 9.59 Å². The van der Waals surface area contributed by atoms with Gasteiger partial charge in [-0.05, 0) is 49.2 Å². The molecule has 7 heteroatoms. The lowest BCUT2D eigenvalue weighted by Crippen LogP contribution is -2.23. The van der Waals surface area contributed by atoms with E-state index in [0.717, 1.165) is 35.7 Å². The van der Waals surface area contributed by atoms with Crippen molar-refractivity contribution in [2.75, 3.05) is 22.5 Å². The van der Waals surface area contributed by atoms with Crippen LogP contribution in [0.2, 0.25) is 0 Å². The van der Waals surface area contributed by atoms with E-state index in [4.69, 9.17) is 0 Å². The number of rotatable bonds is 6. The third-order valence-corrected chi connectivity index (χ3v) is 5.63. The fraction of sp³-hybridized carbons (Fsp3) is 0.286. The zero-order chi connectivity index (χ0) is 19.5. The number of aromatic nitrogens is 2. The third-order valence-electron chi connectivity index (χ3n) is 4.67.